The van der Waals surface area contributed by atoms with Crippen LogP contribution in [-0.2, 0) is 23.6 Å². The van der Waals surface area contributed by atoms with E-state index in [9.17, 15) is 0 Å². The molecule has 0 aliphatic rings. The third-order valence-corrected chi connectivity index (χ3v) is 4.88. The Labute approximate surface area is 167 Å². The van der Waals surface area contributed by atoms with Crippen LogP contribution in [0.1, 0.15) is 22.5 Å². The second kappa shape index (κ2) is 10.0. The van der Waals surface area contributed by atoms with Crippen molar-refractivity contribution in [2.45, 2.75) is 30.9 Å². The zero-order valence-corrected chi connectivity index (χ0v) is 16.5. The predicted octanol–water partition coefficient (Wildman–Crippen LogP) is 4.87. The van der Waals surface area contributed by atoms with Crippen molar-refractivity contribution in [3.05, 3.63) is 82.1 Å². The largest absolute Gasteiger partial charge is 0.391 e. The molecule has 0 N–H and O–H groups in total. The van der Waals surface area contributed by atoms with Gasteiger partial charge in [-0.2, -0.15) is 5.10 Å². The van der Waals surface area contributed by atoms with Crippen molar-refractivity contribution in [2.24, 2.45) is 5.16 Å². The van der Waals surface area contributed by atoms with Crippen LogP contribution in [0.3, 0.4) is 0 Å². The van der Waals surface area contributed by atoms with E-state index in [0.29, 0.717) is 23.2 Å². The van der Waals surface area contributed by atoms with Crippen LogP contribution in [-0.4, -0.2) is 21.4 Å². The molecule has 1 aromatic heterocycles. The van der Waals surface area contributed by atoms with Crippen LogP contribution in [0.2, 0.25) is 5.02 Å². The van der Waals surface area contributed by atoms with Gasteiger partial charge < -0.3 is 4.84 Å². The molecule has 3 aromatic rings. The lowest BCUT2D eigenvalue weighted by Gasteiger charge is -2.04. The molecule has 3 rings (SSSR count). The number of aromatic nitrogens is 3. The molecule has 5 nitrogen and oxygen atoms in total. The van der Waals surface area contributed by atoms with Gasteiger partial charge in [-0.15, -0.1) is 5.10 Å². The van der Waals surface area contributed by atoms with Gasteiger partial charge in [0.25, 0.3) is 0 Å². The normalized spacial score (nSPS) is 11.0. The molecular weight excluding hydrogens is 380 g/mol. The van der Waals surface area contributed by atoms with E-state index < -0.39 is 0 Å². The molecule has 0 amide bonds. The number of aryl methyl sites for hydroxylation is 1. The lowest BCUT2D eigenvalue weighted by molar-refractivity contribution is 0.131. The molecule has 0 atom stereocenters. The van der Waals surface area contributed by atoms with Gasteiger partial charge in [0.05, 0.1) is 11.4 Å². The highest BCUT2D eigenvalue weighted by atomic mass is 35.5. The molecule has 0 fully saturated rings. The van der Waals surface area contributed by atoms with Gasteiger partial charge >= 0.3 is 0 Å². The van der Waals surface area contributed by atoms with Gasteiger partial charge in [0.15, 0.2) is 0 Å². The van der Waals surface area contributed by atoms with E-state index in [-0.39, 0.29) is 0 Å². The number of halogens is 1. The standard InChI is InChI=1S/C20H19ClN4OS/c1-15-19(11-12-22-26-13-16-7-9-18(21)10-8-16)23-20(25-24-15)27-14-17-5-3-2-4-6-17/h2-10,12H,11,13-14H2,1H3. The second-order valence-corrected chi connectivity index (χ2v) is 7.17. The van der Waals surface area contributed by atoms with Crippen molar-refractivity contribution < 1.29 is 4.84 Å². The molecule has 0 aliphatic heterocycles. The first-order valence-corrected chi connectivity index (χ1v) is 9.82. The van der Waals surface area contributed by atoms with Crippen molar-refractivity contribution in [3.8, 4) is 0 Å². The van der Waals surface area contributed by atoms with Crippen LogP contribution in [0.15, 0.2) is 64.9 Å². The summed E-state index contributed by atoms with van der Waals surface area (Å²) < 4.78 is 0. The number of nitrogens with zero attached hydrogens (tertiary/aromatic N) is 4. The van der Waals surface area contributed by atoms with Gasteiger partial charge in [-0.05, 0) is 30.2 Å². The second-order valence-electron chi connectivity index (χ2n) is 5.79. The van der Waals surface area contributed by atoms with E-state index in [2.05, 4.69) is 32.5 Å². The minimum Gasteiger partial charge on any atom is -0.391 e. The Kier molecular flexibility index (Phi) is 7.19. The van der Waals surface area contributed by atoms with E-state index in [1.807, 2.05) is 49.4 Å². The number of oxime groups is 1. The minimum atomic E-state index is 0.396. The highest BCUT2D eigenvalue weighted by Gasteiger charge is 2.06. The first-order valence-electron chi connectivity index (χ1n) is 8.46. The zero-order valence-electron chi connectivity index (χ0n) is 14.9. The van der Waals surface area contributed by atoms with E-state index in [1.54, 1.807) is 18.0 Å². The zero-order chi connectivity index (χ0) is 18.9. The van der Waals surface area contributed by atoms with Crippen LogP contribution in [0.5, 0.6) is 0 Å². The summed E-state index contributed by atoms with van der Waals surface area (Å²) in [5.41, 5.74) is 3.88. The summed E-state index contributed by atoms with van der Waals surface area (Å²) >= 11 is 7.43. The Morgan fingerprint density at radius 2 is 1.81 bits per heavy atom. The average Bonchev–Trinajstić information content (AvgIpc) is 2.70. The Morgan fingerprint density at radius 3 is 2.59 bits per heavy atom. The Balaban J connectivity index is 1.50. The molecule has 138 valence electrons. The summed E-state index contributed by atoms with van der Waals surface area (Å²) in [5, 5.41) is 13.7. The summed E-state index contributed by atoms with van der Waals surface area (Å²) in [6.07, 6.45) is 2.24. The Morgan fingerprint density at radius 1 is 1.04 bits per heavy atom. The molecule has 7 heteroatoms. The van der Waals surface area contributed by atoms with Crippen molar-refractivity contribution >= 4 is 29.6 Å². The smallest absolute Gasteiger partial charge is 0.209 e. The topological polar surface area (TPSA) is 60.3 Å². The number of rotatable bonds is 8. The molecule has 0 bridgehead atoms. The maximum Gasteiger partial charge on any atom is 0.209 e. The summed E-state index contributed by atoms with van der Waals surface area (Å²) in [5.74, 6) is 0.809. The quantitative estimate of drug-likeness (QED) is 0.307. The molecule has 1 heterocycles. The van der Waals surface area contributed by atoms with Crippen molar-refractivity contribution in [1.82, 2.24) is 15.2 Å². The van der Waals surface area contributed by atoms with Gasteiger partial charge in [-0.25, -0.2) is 4.98 Å². The van der Waals surface area contributed by atoms with Gasteiger partial charge in [-0.3, -0.25) is 0 Å². The summed E-state index contributed by atoms with van der Waals surface area (Å²) in [6, 6.07) is 17.7. The first-order chi connectivity index (χ1) is 13.2. The van der Waals surface area contributed by atoms with Crippen LogP contribution in [0, 0.1) is 6.92 Å². The van der Waals surface area contributed by atoms with Crippen LogP contribution in [0.4, 0.5) is 0 Å². The van der Waals surface area contributed by atoms with Gasteiger partial charge in [0.2, 0.25) is 5.16 Å². The van der Waals surface area contributed by atoms with Gasteiger partial charge in [0, 0.05) is 23.4 Å². The molecule has 0 aliphatic carbocycles. The molecule has 0 saturated carbocycles. The fourth-order valence-electron chi connectivity index (χ4n) is 2.24. The van der Waals surface area contributed by atoms with E-state index in [1.165, 1.54) is 5.56 Å². The van der Waals surface area contributed by atoms with Crippen LogP contribution in [0.25, 0.3) is 0 Å². The fraction of sp³-hybridized carbons (Fsp3) is 0.200. The maximum atomic E-state index is 5.86. The van der Waals surface area contributed by atoms with Crippen LogP contribution >= 0.6 is 23.4 Å². The highest BCUT2D eigenvalue weighted by molar-refractivity contribution is 7.98. The van der Waals surface area contributed by atoms with Gasteiger partial charge in [0.1, 0.15) is 6.61 Å². The van der Waals surface area contributed by atoms with Crippen molar-refractivity contribution in [2.75, 3.05) is 0 Å². The third kappa shape index (κ3) is 6.34. The van der Waals surface area contributed by atoms with Crippen molar-refractivity contribution in [1.29, 1.82) is 0 Å². The number of thioether (sulfide) groups is 1. The highest BCUT2D eigenvalue weighted by Crippen LogP contribution is 2.19. The monoisotopic (exact) mass is 398 g/mol. The minimum absolute atomic E-state index is 0.396. The third-order valence-electron chi connectivity index (χ3n) is 3.72. The Bertz CT molecular complexity index is 888. The number of benzene rings is 2. The molecule has 0 saturated heterocycles. The number of hydrogen-bond donors (Lipinski definition) is 0. The van der Waals surface area contributed by atoms with E-state index in [4.69, 9.17) is 16.4 Å². The summed E-state index contributed by atoms with van der Waals surface area (Å²) in [7, 11) is 0. The first kappa shape index (κ1) is 19.3. The van der Waals surface area contributed by atoms with Gasteiger partial charge in [-0.1, -0.05) is 71.0 Å². The number of hydrogen-bond acceptors (Lipinski definition) is 6. The van der Waals surface area contributed by atoms with E-state index >= 15 is 0 Å². The molecule has 0 radical (unpaired) electrons. The summed E-state index contributed by atoms with van der Waals surface area (Å²) in [4.78, 5) is 9.89. The molecule has 2 aromatic carbocycles. The fourth-order valence-corrected chi connectivity index (χ4v) is 3.13. The molecule has 27 heavy (non-hydrogen) atoms. The average molecular weight is 399 g/mol. The molecule has 0 unspecified atom stereocenters. The van der Waals surface area contributed by atoms with Crippen molar-refractivity contribution in [3.63, 3.8) is 0 Å². The lowest BCUT2D eigenvalue weighted by atomic mass is 10.2. The Hall–Kier alpha value is -2.44. The summed E-state index contributed by atoms with van der Waals surface area (Å²) in [6.45, 7) is 2.29. The molecule has 0 spiro atoms. The predicted molar refractivity (Wildman–Crippen MR) is 109 cm³/mol. The maximum absolute atomic E-state index is 5.86. The SMILES string of the molecule is Cc1nnc(SCc2ccccc2)nc1CC=NOCc1ccc(Cl)cc1. The lowest BCUT2D eigenvalue weighted by Crippen LogP contribution is -2.03. The molecular formula is C20H19ClN4OS. The van der Waals surface area contributed by atoms with E-state index in [0.717, 1.165) is 22.7 Å². The van der Waals surface area contributed by atoms with Crippen LogP contribution < -0.4 is 0 Å².